The lowest BCUT2D eigenvalue weighted by Gasteiger charge is -2.15. The number of nitrogens with one attached hydrogen (secondary N) is 2. The van der Waals surface area contributed by atoms with Crippen LogP contribution in [-0.2, 0) is 17.9 Å². The van der Waals surface area contributed by atoms with Crippen molar-refractivity contribution < 1.29 is 18.0 Å². The lowest BCUT2D eigenvalue weighted by atomic mass is 10.3. The Kier molecular flexibility index (Phi) is 5.28. The average Bonchev–Trinajstić information content (AvgIpc) is 2.79. The molecule has 0 aliphatic carbocycles. The van der Waals surface area contributed by atoms with Gasteiger partial charge >= 0.3 is 6.18 Å². The van der Waals surface area contributed by atoms with Gasteiger partial charge in [-0.25, -0.2) is 0 Å². The smallest absolute Gasteiger partial charge is 0.346 e. The predicted molar refractivity (Wildman–Crippen MR) is 61.1 cm³/mol. The molecule has 1 rings (SSSR count). The maximum atomic E-state index is 11.9. The van der Waals surface area contributed by atoms with Crippen LogP contribution >= 0.6 is 0 Å². The van der Waals surface area contributed by atoms with E-state index in [4.69, 9.17) is 0 Å². The van der Waals surface area contributed by atoms with Gasteiger partial charge in [0.1, 0.15) is 18.7 Å². The first kappa shape index (κ1) is 15.4. The zero-order valence-electron chi connectivity index (χ0n) is 10.7. The van der Waals surface area contributed by atoms with Gasteiger partial charge in [0.25, 0.3) is 0 Å². The van der Waals surface area contributed by atoms with E-state index in [0.717, 1.165) is 0 Å². The highest BCUT2D eigenvalue weighted by atomic mass is 19.4. The van der Waals surface area contributed by atoms with Crippen LogP contribution in [0.2, 0.25) is 0 Å². The standard InChI is InChI=1S/C10H16F3N5O/c1-3-18-6-16-17-8(18)4-14-7(2)9(19)15-5-10(11,12)13/h6-7,14H,3-5H2,1-2H3,(H,15,19). The van der Waals surface area contributed by atoms with Crippen LogP contribution in [0, 0.1) is 0 Å². The number of hydrogen-bond donors (Lipinski definition) is 2. The highest BCUT2D eigenvalue weighted by Crippen LogP contribution is 2.12. The zero-order valence-corrected chi connectivity index (χ0v) is 10.7. The molecule has 1 heterocycles. The fraction of sp³-hybridized carbons (Fsp3) is 0.700. The maximum absolute atomic E-state index is 11.9. The Labute approximate surface area is 108 Å². The highest BCUT2D eigenvalue weighted by molar-refractivity contribution is 5.81. The monoisotopic (exact) mass is 279 g/mol. The van der Waals surface area contributed by atoms with Crippen LogP contribution in [0.1, 0.15) is 19.7 Å². The second-order valence-electron chi connectivity index (χ2n) is 3.97. The lowest BCUT2D eigenvalue weighted by molar-refractivity contribution is -0.139. The van der Waals surface area contributed by atoms with Crippen LogP contribution in [0.15, 0.2) is 6.33 Å². The summed E-state index contributed by atoms with van der Waals surface area (Å²) in [5, 5.41) is 12.2. The fourth-order valence-electron chi connectivity index (χ4n) is 1.36. The van der Waals surface area contributed by atoms with Gasteiger partial charge in [0, 0.05) is 6.54 Å². The van der Waals surface area contributed by atoms with Crippen LogP contribution in [0.4, 0.5) is 13.2 Å². The molecule has 1 amide bonds. The minimum atomic E-state index is -4.40. The quantitative estimate of drug-likeness (QED) is 0.793. The number of amides is 1. The molecule has 1 atom stereocenters. The van der Waals surface area contributed by atoms with Gasteiger partial charge in [-0.05, 0) is 13.8 Å². The van der Waals surface area contributed by atoms with Crippen molar-refractivity contribution in [3.8, 4) is 0 Å². The SMILES string of the molecule is CCn1cnnc1CNC(C)C(=O)NCC(F)(F)F. The number of nitrogens with zero attached hydrogens (tertiary/aromatic N) is 3. The third-order valence-electron chi connectivity index (χ3n) is 2.46. The van der Waals surface area contributed by atoms with Crippen LogP contribution in [0.25, 0.3) is 0 Å². The van der Waals surface area contributed by atoms with E-state index in [9.17, 15) is 18.0 Å². The molecule has 19 heavy (non-hydrogen) atoms. The van der Waals surface area contributed by atoms with Crippen molar-refractivity contribution >= 4 is 5.91 Å². The van der Waals surface area contributed by atoms with E-state index >= 15 is 0 Å². The molecule has 9 heteroatoms. The molecule has 108 valence electrons. The molecule has 2 N–H and O–H groups in total. The summed E-state index contributed by atoms with van der Waals surface area (Å²) in [5.41, 5.74) is 0. The topological polar surface area (TPSA) is 71.8 Å². The largest absolute Gasteiger partial charge is 0.405 e. The van der Waals surface area contributed by atoms with Crippen LogP contribution < -0.4 is 10.6 Å². The molecule has 0 saturated heterocycles. The molecule has 1 aromatic heterocycles. The number of rotatable bonds is 6. The summed E-state index contributed by atoms with van der Waals surface area (Å²) in [5.74, 6) is -0.0853. The molecule has 0 saturated carbocycles. The summed E-state index contributed by atoms with van der Waals surface area (Å²) < 4.78 is 37.6. The molecule has 6 nitrogen and oxygen atoms in total. The highest BCUT2D eigenvalue weighted by Gasteiger charge is 2.28. The molecule has 0 aliphatic rings. The Hall–Kier alpha value is -1.64. The number of halogens is 3. The molecule has 0 radical (unpaired) electrons. The minimum Gasteiger partial charge on any atom is -0.346 e. The van der Waals surface area contributed by atoms with Crippen LogP contribution in [-0.4, -0.2) is 39.4 Å². The van der Waals surface area contributed by atoms with Crippen molar-refractivity contribution in [1.29, 1.82) is 0 Å². The summed E-state index contributed by atoms with van der Waals surface area (Å²) in [6.07, 6.45) is -2.86. The van der Waals surface area contributed by atoms with Crippen molar-refractivity contribution in [1.82, 2.24) is 25.4 Å². The molecule has 1 unspecified atom stereocenters. The normalized spacial score (nSPS) is 13.3. The van der Waals surface area contributed by atoms with Crippen molar-refractivity contribution in [2.24, 2.45) is 0 Å². The summed E-state index contributed by atoms with van der Waals surface area (Å²) >= 11 is 0. The first-order valence-corrected chi connectivity index (χ1v) is 5.78. The van der Waals surface area contributed by atoms with E-state index in [1.165, 1.54) is 6.92 Å². The molecular formula is C10H16F3N5O. The summed E-state index contributed by atoms with van der Waals surface area (Å²) in [6, 6.07) is -0.746. The number of carbonyl (C=O) groups excluding carboxylic acids is 1. The zero-order chi connectivity index (χ0) is 14.5. The van der Waals surface area contributed by atoms with Gasteiger partial charge in [0.2, 0.25) is 5.91 Å². The summed E-state index contributed by atoms with van der Waals surface area (Å²) in [4.78, 5) is 11.4. The Morgan fingerprint density at radius 1 is 1.53 bits per heavy atom. The van der Waals surface area contributed by atoms with Crippen molar-refractivity contribution in [2.45, 2.75) is 39.2 Å². The molecule has 0 aliphatic heterocycles. The molecule has 0 bridgehead atoms. The first-order chi connectivity index (χ1) is 8.83. The maximum Gasteiger partial charge on any atom is 0.405 e. The Balaban J connectivity index is 2.38. The van der Waals surface area contributed by atoms with Crippen LogP contribution in [0.5, 0.6) is 0 Å². The van der Waals surface area contributed by atoms with E-state index in [0.29, 0.717) is 12.4 Å². The van der Waals surface area contributed by atoms with Gasteiger partial charge in [-0.3, -0.25) is 10.1 Å². The van der Waals surface area contributed by atoms with E-state index < -0.39 is 24.7 Å². The van der Waals surface area contributed by atoms with E-state index in [1.807, 2.05) is 12.2 Å². The van der Waals surface area contributed by atoms with Crippen molar-refractivity contribution in [3.05, 3.63) is 12.2 Å². The third-order valence-corrected chi connectivity index (χ3v) is 2.46. The number of alkyl halides is 3. The molecule has 0 spiro atoms. The second kappa shape index (κ2) is 6.50. The second-order valence-corrected chi connectivity index (χ2v) is 3.97. The van der Waals surface area contributed by atoms with Gasteiger partial charge < -0.3 is 9.88 Å². The van der Waals surface area contributed by atoms with Gasteiger partial charge in [-0.15, -0.1) is 10.2 Å². The van der Waals surface area contributed by atoms with Crippen molar-refractivity contribution in [3.63, 3.8) is 0 Å². The molecule has 0 fully saturated rings. The lowest BCUT2D eigenvalue weighted by Crippen LogP contribution is -2.45. The van der Waals surface area contributed by atoms with E-state index in [-0.39, 0.29) is 6.54 Å². The number of aromatic nitrogens is 3. The Morgan fingerprint density at radius 3 is 2.79 bits per heavy atom. The fourth-order valence-corrected chi connectivity index (χ4v) is 1.36. The van der Waals surface area contributed by atoms with Crippen LogP contribution in [0.3, 0.4) is 0 Å². The van der Waals surface area contributed by atoms with E-state index in [1.54, 1.807) is 10.9 Å². The summed E-state index contributed by atoms with van der Waals surface area (Å²) in [6.45, 7) is 3.00. The van der Waals surface area contributed by atoms with E-state index in [2.05, 4.69) is 15.5 Å². The Bertz CT molecular complexity index is 418. The third kappa shape index (κ3) is 5.25. The number of carbonyl (C=O) groups is 1. The average molecular weight is 279 g/mol. The number of aryl methyl sites for hydroxylation is 1. The summed E-state index contributed by atoms with van der Waals surface area (Å²) in [7, 11) is 0. The molecule has 1 aromatic rings. The number of hydrogen-bond acceptors (Lipinski definition) is 4. The van der Waals surface area contributed by atoms with Gasteiger partial charge in [0.15, 0.2) is 0 Å². The van der Waals surface area contributed by atoms with Gasteiger partial charge in [0.05, 0.1) is 12.6 Å². The molecule has 0 aromatic carbocycles. The van der Waals surface area contributed by atoms with Gasteiger partial charge in [-0.1, -0.05) is 0 Å². The minimum absolute atomic E-state index is 0.258. The Morgan fingerprint density at radius 2 is 2.21 bits per heavy atom. The van der Waals surface area contributed by atoms with Crippen molar-refractivity contribution in [2.75, 3.05) is 6.54 Å². The predicted octanol–water partition coefficient (Wildman–Crippen LogP) is 0.455. The first-order valence-electron chi connectivity index (χ1n) is 5.78. The molecular weight excluding hydrogens is 263 g/mol. The van der Waals surface area contributed by atoms with Gasteiger partial charge in [-0.2, -0.15) is 13.2 Å².